The summed E-state index contributed by atoms with van der Waals surface area (Å²) < 4.78 is 19.9. The van der Waals surface area contributed by atoms with Crippen LogP contribution in [0.25, 0.3) is 5.69 Å². The summed E-state index contributed by atoms with van der Waals surface area (Å²) in [5, 5.41) is 20.2. The van der Waals surface area contributed by atoms with Gasteiger partial charge in [-0.25, -0.2) is 9.07 Å². The molecule has 0 bridgehead atoms. The normalized spacial score (nSPS) is 11.3. The lowest BCUT2D eigenvalue weighted by atomic mass is 10.1. The number of guanidine groups is 1. The Morgan fingerprint density at radius 1 is 1.32 bits per heavy atom. The van der Waals surface area contributed by atoms with Crippen LogP contribution in [0.3, 0.4) is 0 Å². The Morgan fingerprint density at radius 2 is 2.04 bits per heavy atom. The Labute approximate surface area is 164 Å². The van der Waals surface area contributed by atoms with E-state index in [1.54, 1.807) is 19.2 Å². The molecule has 4 N–H and O–H groups in total. The summed E-state index contributed by atoms with van der Waals surface area (Å²) in [5.41, 5.74) is 7.64. The van der Waals surface area contributed by atoms with Crippen LogP contribution in [0.5, 0.6) is 0 Å². The molecule has 0 saturated heterocycles. The Kier molecular flexibility index (Phi) is 8.24. The van der Waals surface area contributed by atoms with Gasteiger partial charge >= 0.3 is 0 Å². The third kappa shape index (κ3) is 5.69. The van der Waals surface area contributed by atoms with Crippen LogP contribution >= 0.6 is 0 Å². The number of nitriles is 1. The summed E-state index contributed by atoms with van der Waals surface area (Å²) in [6, 6.07) is 7.92. The molecule has 0 amide bonds. The van der Waals surface area contributed by atoms with Crippen molar-refractivity contribution in [1.29, 1.82) is 5.26 Å². The Hall–Kier alpha value is -3.12. The van der Waals surface area contributed by atoms with Crippen molar-refractivity contribution < 1.29 is 9.13 Å². The maximum Gasteiger partial charge on any atom is 0.191 e. The van der Waals surface area contributed by atoms with E-state index in [1.165, 1.54) is 16.8 Å². The molecule has 0 saturated carbocycles. The number of nitrogens with two attached hydrogens (primary N) is 1. The van der Waals surface area contributed by atoms with Gasteiger partial charge < -0.3 is 21.1 Å². The molecule has 0 aliphatic rings. The van der Waals surface area contributed by atoms with Crippen molar-refractivity contribution in [3.63, 3.8) is 0 Å². The molecule has 150 valence electrons. The highest BCUT2D eigenvalue weighted by Crippen LogP contribution is 2.21. The second-order valence-corrected chi connectivity index (χ2v) is 5.93. The molecule has 28 heavy (non-hydrogen) atoms. The van der Waals surface area contributed by atoms with Crippen molar-refractivity contribution in [3.05, 3.63) is 41.3 Å². The number of aliphatic imine (C=N–C) groups is 1. The van der Waals surface area contributed by atoms with Gasteiger partial charge in [0.25, 0.3) is 0 Å². The molecular weight excluding hydrogens is 361 g/mol. The molecule has 1 aromatic heterocycles. The first-order chi connectivity index (χ1) is 13.6. The number of nitrogens with zero attached hydrogens (tertiary/aromatic N) is 4. The van der Waals surface area contributed by atoms with Crippen LogP contribution in [0.4, 0.5) is 10.2 Å². The second-order valence-electron chi connectivity index (χ2n) is 5.93. The number of benzene rings is 1. The van der Waals surface area contributed by atoms with Crippen molar-refractivity contribution in [2.24, 2.45) is 4.99 Å². The SMILES string of the molecule is CCOCCNC(=NC)NCCCc1nn(-c2ccc(F)cc2)c(N)c1C#N. The molecule has 0 radical (unpaired) electrons. The fraction of sp³-hybridized carbons (Fsp3) is 0.421. The fourth-order valence-electron chi connectivity index (χ4n) is 2.62. The van der Waals surface area contributed by atoms with E-state index < -0.39 is 0 Å². The van der Waals surface area contributed by atoms with E-state index in [0.29, 0.717) is 55.6 Å². The second kappa shape index (κ2) is 10.9. The molecule has 0 aliphatic carbocycles. The smallest absolute Gasteiger partial charge is 0.191 e. The maximum atomic E-state index is 13.1. The van der Waals surface area contributed by atoms with Gasteiger partial charge in [0, 0.05) is 26.7 Å². The van der Waals surface area contributed by atoms with Crippen LogP contribution in [-0.4, -0.2) is 49.1 Å². The molecule has 0 atom stereocenters. The van der Waals surface area contributed by atoms with Gasteiger partial charge in [0.2, 0.25) is 0 Å². The van der Waals surface area contributed by atoms with E-state index in [9.17, 15) is 9.65 Å². The number of aryl methyl sites for hydroxylation is 1. The average molecular weight is 387 g/mol. The van der Waals surface area contributed by atoms with Gasteiger partial charge in [-0.3, -0.25) is 4.99 Å². The zero-order chi connectivity index (χ0) is 20.4. The molecule has 2 rings (SSSR count). The Bertz CT molecular complexity index is 824. The molecule has 1 heterocycles. The number of hydrogen-bond acceptors (Lipinski definition) is 5. The average Bonchev–Trinajstić information content (AvgIpc) is 3.02. The molecule has 0 spiro atoms. The summed E-state index contributed by atoms with van der Waals surface area (Å²) in [4.78, 5) is 4.15. The first kappa shape index (κ1) is 21.2. The minimum Gasteiger partial charge on any atom is -0.382 e. The number of nitrogens with one attached hydrogen (secondary N) is 2. The van der Waals surface area contributed by atoms with E-state index in [4.69, 9.17) is 10.5 Å². The summed E-state index contributed by atoms with van der Waals surface area (Å²) in [5.74, 6) is 0.603. The van der Waals surface area contributed by atoms with Crippen molar-refractivity contribution >= 4 is 11.8 Å². The van der Waals surface area contributed by atoms with Crippen molar-refractivity contribution in [1.82, 2.24) is 20.4 Å². The third-order valence-corrected chi connectivity index (χ3v) is 4.03. The molecule has 0 fully saturated rings. The van der Waals surface area contributed by atoms with Gasteiger partial charge in [-0.2, -0.15) is 10.4 Å². The van der Waals surface area contributed by atoms with E-state index in [0.717, 1.165) is 6.42 Å². The minimum absolute atomic E-state index is 0.255. The number of anilines is 1. The predicted molar refractivity (Wildman–Crippen MR) is 107 cm³/mol. The molecule has 8 nitrogen and oxygen atoms in total. The summed E-state index contributed by atoms with van der Waals surface area (Å²) >= 11 is 0. The van der Waals surface area contributed by atoms with Gasteiger partial charge in [0.1, 0.15) is 23.3 Å². The van der Waals surface area contributed by atoms with Gasteiger partial charge in [-0.05, 0) is 44.0 Å². The Balaban J connectivity index is 1.93. The number of aromatic nitrogens is 2. The van der Waals surface area contributed by atoms with E-state index in [-0.39, 0.29) is 11.6 Å². The van der Waals surface area contributed by atoms with E-state index >= 15 is 0 Å². The zero-order valence-electron chi connectivity index (χ0n) is 16.2. The predicted octanol–water partition coefficient (Wildman–Crippen LogP) is 1.60. The van der Waals surface area contributed by atoms with Crippen molar-refractivity contribution in [2.75, 3.05) is 39.1 Å². The molecule has 0 aliphatic heterocycles. The van der Waals surface area contributed by atoms with Crippen LogP contribution in [0, 0.1) is 17.1 Å². The van der Waals surface area contributed by atoms with E-state index in [2.05, 4.69) is 26.8 Å². The minimum atomic E-state index is -0.343. The first-order valence-electron chi connectivity index (χ1n) is 9.16. The third-order valence-electron chi connectivity index (χ3n) is 4.03. The quantitative estimate of drug-likeness (QED) is 0.342. The zero-order valence-corrected chi connectivity index (χ0v) is 16.2. The molecule has 0 unspecified atom stereocenters. The highest BCUT2D eigenvalue weighted by Gasteiger charge is 2.16. The summed E-state index contributed by atoms with van der Waals surface area (Å²) in [6.45, 7) is 4.57. The van der Waals surface area contributed by atoms with E-state index in [1.807, 2.05) is 6.92 Å². The molecule has 9 heteroatoms. The highest BCUT2D eigenvalue weighted by molar-refractivity contribution is 5.79. The largest absolute Gasteiger partial charge is 0.382 e. The van der Waals surface area contributed by atoms with Gasteiger partial charge in [-0.15, -0.1) is 0 Å². The number of nitrogen functional groups attached to an aromatic ring is 1. The summed E-state index contributed by atoms with van der Waals surface area (Å²) in [6.07, 6.45) is 1.31. The monoisotopic (exact) mass is 387 g/mol. The number of halogens is 1. The highest BCUT2D eigenvalue weighted by atomic mass is 19.1. The molecule has 1 aromatic carbocycles. The van der Waals surface area contributed by atoms with Gasteiger partial charge in [0.05, 0.1) is 18.0 Å². The number of hydrogen-bond donors (Lipinski definition) is 3. The van der Waals surface area contributed by atoms with Gasteiger partial charge in [0.15, 0.2) is 5.96 Å². The molecular formula is C19H26FN7O. The number of rotatable bonds is 9. The molecule has 2 aromatic rings. The Morgan fingerprint density at radius 3 is 2.68 bits per heavy atom. The lowest BCUT2D eigenvalue weighted by molar-refractivity contribution is 0.152. The van der Waals surface area contributed by atoms with Crippen LogP contribution in [0.15, 0.2) is 29.3 Å². The van der Waals surface area contributed by atoms with Crippen LogP contribution in [0.2, 0.25) is 0 Å². The lowest BCUT2D eigenvalue weighted by Crippen LogP contribution is -2.39. The fourth-order valence-corrected chi connectivity index (χ4v) is 2.62. The van der Waals surface area contributed by atoms with Gasteiger partial charge in [-0.1, -0.05) is 0 Å². The van der Waals surface area contributed by atoms with Crippen molar-refractivity contribution in [2.45, 2.75) is 19.8 Å². The number of ether oxygens (including phenoxy) is 1. The standard InChI is InChI=1S/C19H26FN7O/c1-3-28-12-11-25-19(23-2)24-10-4-5-17-16(13-21)18(22)27(26-17)15-8-6-14(20)7-9-15/h6-9H,3-5,10-12,22H2,1-2H3,(H2,23,24,25). The maximum absolute atomic E-state index is 13.1. The summed E-state index contributed by atoms with van der Waals surface area (Å²) in [7, 11) is 1.70. The lowest BCUT2D eigenvalue weighted by Gasteiger charge is -2.11. The van der Waals surface area contributed by atoms with Crippen molar-refractivity contribution in [3.8, 4) is 11.8 Å². The van der Waals surface area contributed by atoms with Crippen LogP contribution < -0.4 is 16.4 Å². The van der Waals surface area contributed by atoms with Crippen LogP contribution in [0.1, 0.15) is 24.6 Å². The topological polar surface area (TPSA) is 113 Å². The van der Waals surface area contributed by atoms with Crippen LogP contribution in [-0.2, 0) is 11.2 Å². The first-order valence-corrected chi connectivity index (χ1v) is 9.16.